The first-order valence-electron chi connectivity index (χ1n) is 7.26. The van der Waals surface area contributed by atoms with Crippen molar-refractivity contribution in [2.24, 2.45) is 0 Å². The van der Waals surface area contributed by atoms with Crippen molar-refractivity contribution >= 4 is 17.3 Å². The molecule has 116 valence electrons. The van der Waals surface area contributed by atoms with E-state index in [0.29, 0.717) is 6.61 Å². The maximum Gasteiger partial charge on any atom is 0.203 e. The van der Waals surface area contributed by atoms with Crippen molar-refractivity contribution in [2.45, 2.75) is 39.2 Å². The van der Waals surface area contributed by atoms with Crippen molar-refractivity contribution in [1.82, 2.24) is 9.55 Å². The summed E-state index contributed by atoms with van der Waals surface area (Å²) in [5.74, 6) is 0.918. The Kier molecular flexibility index (Phi) is 5.06. The zero-order valence-corrected chi connectivity index (χ0v) is 14.3. The number of aryl methyl sites for hydroxylation is 1. The standard InChI is InChI=1S/C16H25N3OS/c1-12-9-19(13(2)10-20-5)15(18-12)17-11-16(3,4)14-7-6-8-21-14/h6-9,13H,10-11H2,1-5H3,(H,17,18). The molecule has 21 heavy (non-hydrogen) atoms. The lowest BCUT2D eigenvalue weighted by molar-refractivity contribution is 0.163. The van der Waals surface area contributed by atoms with Crippen molar-refractivity contribution in [2.75, 3.05) is 25.6 Å². The van der Waals surface area contributed by atoms with Gasteiger partial charge in [-0.05, 0) is 25.3 Å². The molecule has 0 spiro atoms. The Morgan fingerprint density at radius 2 is 2.24 bits per heavy atom. The van der Waals surface area contributed by atoms with Crippen LogP contribution in [0.4, 0.5) is 5.95 Å². The lowest BCUT2D eigenvalue weighted by Gasteiger charge is -2.25. The van der Waals surface area contributed by atoms with Gasteiger partial charge in [-0.25, -0.2) is 4.98 Å². The molecule has 0 aliphatic rings. The molecule has 2 aromatic rings. The van der Waals surface area contributed by atoms with Crippen LogP contribution in [-0.2, 0) is 10.2 Å². The molecule has 0 radical (unpaired) electrons. The number of hydrogen-bond acceptors (Lipinski definition) is 4. The summed E-state index contributed by atoms with van der Waals surface area (Å²) < 4.78 is 7.41. The Balaban J connectivity index is 2.09. The van der Waals surface area contributed by atoms with Gasteiger partial charge in [0.1, 0.15) is 0 Å². The van der Waals surface area contributed by atoms with E-state index in [1.54, 1.807) is 18.4 Å². The van der Waals surface area contributed by atoms with Crippen LogP contribution < -0.4 is 5.32 Å². The van der Waals surface area contributed by atoms with Gasteiger partial charge in [-0.15, -0.1) is 11.3 Å². The lowest BCUT2D eigenvalue weighted by atomic mass is 9.91. The molecule has 0 saturated carbocycles. The summed E-state index contributed by atoms with van der Waals surface area (Å²) in [4.78, 5) is 5.98. The fraction of sp³-hybridized carbons (Fsp3) is 0.562. The average molecular weight is 307 g/mol. The van der Waals surface area contributed by atoms with E-state index in [1.807, 2.05) is 6.92 Å². The summed E-state index contributed by atoms with van der Waals surface area (Å²) >= 11 is 1.80. The molecule has 0 fully saturated rings. The normalized spacial score (nSPS) is 13.4. The molecular weight excluding hydrogens is 282 g/mol. The summed E-state index contributed by atoms with van der Waals surface area (Å²) in [6.45, 7) is 10.2. The van der Waals surface area contributed by atoms with Gasteiger partial charge in [0.05, 0.1) is 18.3 Å². The highest BCUT2D eigenvalue weighted by atomic mass is 32.1. The first-order valence-corrected chi connectivity index (χ1v) is 8.14. The van der Waals surface area contributed by atoms with Crippen LogP contribution in [0.3, 0.4) is 0 Å². The van der Waals surface area contributed by atoms with Crippen molar-refractivity contribution in [3.8, 4) is 0 Å². The average Bonchev–Trinajstić information content (AvgIpc) is 3.06. The quantitative estimate of drug-likeness (QED) is 0.844. The smallest absolute Gasteiger partial charge is 0.203 e. The summed E-state index contributed by atoms with van der Waals surface area (Å²) in [6, 6.07) is 4.56. The van der Waals surface area contributed by atoms with Gasteiger partial charge < -0.3 is 14.6 Å². The Bertz CT molecular complexity index is 560. The number of thiophene rings is 1. The molecule has 0 saturated heterocycles. The zero-order valence-electron chi connectivity index (χ0n) is 13.5. The fourth-order valence-electron chi connectivity index (χ4n) is 2.36. The van der Waals surface area contributed by atoms with Gasteiger partial charge in [0.25, 0.3) is 0 Å². The predicted molar refractivity (Wildman–Crippen MR) is 89.4 cm³/mol. The highest BCUT2D eigenvalue weighted by Crippen LogP contribution is 2.28. The molecule has 2 aromatic heterocycles. The van der Waals surface area contributed by atoms with Crippen molar-refractivity contribution in [3.05, 3.63) is 34.3 Å². The summed E-state index contributed by atoms with van der Waals surface area (Å²) in [5, 5.41) is 5.63. The molecule has 4 nitrogen and oxygen atoms in total. The van der Waals surface area contributed by atoms with E-state index in [2.05, 4.69) is 59.3 Å². The van der Waals surface area contributed by atoms with E-state index in [9.17, 15) is 0 Å². The minimum Gasteiger partial charge on any atom is -0.383 e. The van der Waals surface area contributed by atoms with Crippen LogP contribution in [0.5, 0.6) is 0 Å². The van der Waals surface area contributed by atoms with Crippen LogP contribution in [-0.4, -0.2) is 29.8 Å². The zero-order chi connectivity index (χ0) is 15.5. The van der Waals surface area contributed by atoms with Gasteiger partial charge in [0, 0.05) is 30.1 Å². The molecule has 1 atom stereocenters. The Morgan fingerprint density at radius 3 is 2.86 bits per heavy atom. The van der Waals surface area contributed by atoms with Crippen LogP contribution >= 0.6 is 11.3 Å². The first-order chi connectivity index (χ1) is 9.94. The van der Waals surface area contributed by atoms with Crippen LogP contribution in [0.2, 0.25) is 0 Å². The number of rotatable bonds is 7. The summed E-state index contributed by atoms with van der Waals surface area (Å²) in [5.41, 5.74) is 1.11. The molecule has 0 bridgehead atoms. The first kappa shape index (κ1) is 16.0. The lowest BCUT2D eigenvalue weighted by Crippen LogP contribution is -2.28. The molecule has 5 heteroatoms. The molecule has 0 aliphatic carbocycles. The van der Waals surface area contributed by atoms with Crippen LogP contribution in [0.15, 0.2) is 23.7 Å². The molecule has 2 rings (SSSR count). The van der Waals surface area contributed by atoms with E-state index < -0.39 is 0 Å². The number of nitrogens with one attached hydrogen (secondary N) is 1. The van der Waals surface area contributed by atoms with Crippen molar-refractivity contribution in [3.63, 3.8) is 0 Å². The van der Waals surface area contributed by atoms with Gasteiger partial charge in [-0.3, -0.25) is 0 Å². The highest BCUT2D eigenvalue weighted by molar-refractivity contribution is 7.10. The van der Waals surface area contributed by atoms with E-state index >= 15 is 0 Å². The van der Waals surface area contributed by atoms with E-state index in [0.717, 1.165) is 18.2 Å². The summed E-state index contributed by atoms with van der Waals surface area (Å²) in [7, 11) is 1.73. The third kappa shape index (κ3) is 3.86. The van der Waals surface area contributed by atoms with E-state index in [1.165, 1.54) is 4.88 Å². The number of ether oxygens (including phenoxy) is 1. The van der Waals surface area contributed by atoms with Crippen LogP contribution in [0, 0.1) is 6.92 Å². The minimum absolute atomic E-state index is 0.0867. The largest absolute Gasteiger partial charge is 0.383 e. The third-order valence-electron chi connectivity index (χ3n) is 3.61. The number of methoxy groups -OCH3 is 1. The van der Waals surface area contributed by atoms with Crippen molar-refractivity contribution < 1.29 is 4.74 Å². The molecule has 1 unspecified atom stereocenters. The van der Waals surface area contributed by atoms with Gasteiger partial charge in [-0.2, -0.15) is 0 Å². The monoisotopic (exact) mass is 307 g/mol. The topological polar surface area (TPSA) is 39.1 Å². The highest BCUT2D eigenvalue weighted by Gasteiger charge is 2.22. The number of nitrogens with zero attached hydrogens (tertiary/aromatic N) is 2. The number of aromatic nitrogens is 2. The molecule has 0 aromatic carbocycles. The summed E-state index contributed by atoms with van der Waals surface area (Å²) in [6.07, 6.45) is 2.07. The Morgan fingerprint density at radius 1 is 1.48 bits per heavy atom. The van der Waals surface area contributed by atoms with Crippen molar-refractivity contribution in [1.29, 1.82) is 0 Å². The van der Waals surface area contributed by atoms with E-state index in [-0.39, 0.29) is 11.5 Å². The minimum atomic E-state index is 0.0867. The van der Waals surface area contributed by atoms with Crippen LogP contribution in [0.1, 0.15) is 37.4 Å². The second-order valence-electron chi connectivity index (χ2n) is 6.13. The molecule has 1 N–H and O–H groups in total. The van der Waals surface area contributed by atoms with Gasteiger partial charge in [0.15, 0.2) is 0 Å². The predicted octanol–water partition coefficient (Wildman–Crippen LogP) is 3.85. The molecular formula is C16H25N3OS. The number of hydrogen-bond donors (Lipinski definition) is 1. The molecule has 2 heterocycles. The number of anilines is 1. The third-order valence-corrected chi connectivity index (χ3v) is 4.85. The number of imidazole rings is 1. The van der Waals surface area contributed by atoms with Gasteiger partial charge in [0.2, 0.25) is 5.95 Å². The van der Waals surface area contributed by atoms with E-state index in [4.69, 9.17) is 4.74 Å². The van der Waals surface area contributed by atoms with Gasteiger partial charge >= 0.3 is 0 Å². The Hall–Kier alpha value is -1.33. The maximum atomic E-state index is 5.25. The molecule has 0 aliphatic heterocycles. The second kappa shape index (κ2) is 6.62. The SMILES string of the molecule is COCC(C)n1cc(C)nc1NCC(C)(C)c1cccs1. The maximum absolute atomic E-state index is 5.25. The Labute approximate surface area is 131 Å². The van der Waals surface area contributed by atoms with Gasteiger partial charge in [-0.1, -0.05) is 19.9 Å². The van der Waals surface area contributed by atoms with Crippen LogP contribution in [0.25, 0.3) is 0 Å². The fourth-order valence-corrected chi connectivity index (χ4v) is 3.21. The second-order valence-corrected chi connectivity index (χ2v) is 7.08. The molecule has 0 amide bonds.